The zero-order valence-corrected chi connectivity index (χ0v) is 15.4. The first-order valence-electron chi connectivity index (χ1n) is 7.79. The first kappa shape index (κ1) is 20.5. The van der Waals surface area contributed by atoms with Crippen LogP contribution in [0.2, 0.25) is 0 Å². The molecule has 1 aliphatic rings. The molecule has 1 aromatic carbocycles. The lowest BCUT2D eigenvalue weighted by molar-refractivity contribution is -0.0691. The number of halogens is 3. The van der Waals surface area contributed by atoms with Crippen LogP contribution in [0.1, 0.15) is 26.3 Å². The molecule has 1 saturated heterocycles. The molecule has 0 N–H and O–H groups in total. The van der Waals surface area contributed by atoms with Crippen molar-refractivity contribution in [2.24, 2.45) is 0 Å². The Morgan fingerprint density at radius 2 is 1.85 bits per heavy atom. The third-order valence-electron chi connectivity index (χ3n) is 3.50. The number of likely N-dealkylation sites (tertiary alicyclic amines) is 1. The van der Waals surface area contributed by atoms with Gasteiger partial charge in [0.15, 0.2) is 0 Å². The smallest absolute Gasteiger partial charge is 0.444 e. The van der Waals surface area contributed by atoms with E-state index in [1.165, 1.54) is 17.0 Å². The minimum Gasteiger partial charge on any atom is -0.444 e. The average molecular weight is 395 g/mol. The lowest BCUT2D eigenvalue weighted by Crippen LogP contribution is -2.55. The fourth-order valence-electron chi connectivity index (χ4n) is 2.17. The first-order chi connectivity index (χ1) is 11.8. The Morgan fingerprint density at radius 3 is 2.38 bits per heavy atom. The van der Waals surface area contributed by atoms with E-state index in [-0.39, 0.29) is 12.7 Å². The molecule has 0 unspecified atom stereocenters. The van der Waals surface area contributed by atoms with E-state index in [0.717, 1.165) is 12.1 Å². The van der Waals surface area contributed by atoms with Crippen LogP contribution in [0.25, 0.3) is 0 Å². The molecule has 0 atom stereocenters. The van der Waals surface area contributed by atoms with Crippen molar-refractivity contribution >= 4 is 15.9 Å². The summed E-state index contributed by atoms with van der Waals surface area (Å²) in [6.07, 6.45) is -0.749. The van der Waals surface area contributed by atoms with Crippen LogP contribution < -0.4 is 0 Å². The highest BCUT2D eigenvalue weighted by Gasteiger charge is 2.46. The summed E-state index contributed by atoms with van der Waals surface area (Å²) >= 11 is 0. The summed E-state index contributed by atoms with van der Waals surface area (Å²) in [7, 11) is -5.39. The quantitative estimate of drug-likeness (QED) is 0.783. The Hall–Kier alpha value is -1.81. The third kappa shape index (κ3) is 4.88. The van der Waals surface area contributed by atoms with Crippen LogP contribution in [0.15, 0.2) is 29.2 Å². The molecule has 2 rings (SSSR count). The van der Waals surface area contributed by atoms with E-state index in [9.17, 15) is 26.4 Å². The number of sulfone groups is 1. The molecule has 1 aliphatic heterocycles. The summed E-state index contributed by atoms with van der Waals surface area (Å²) in [5, 5.41) is 0. The number of ether oxygens (including phenoxy) is 2. The van der Waals surface area contributed by atoms with Gasteiger partial charge in [-0.15, -0.1) is 0 Å². The highest BCUT2D eigenvalue weighted by molar-refractivity contribution is 7.92. The standard InChI is InChI=1S/C16H20F3NO5S/c1-15(2,3)25-14(21)20-8-12(9-20)24-10-11-5-4-6-13(7-11)26(22,23)16(17,18)19/h4-7,12H,8-10H2,1-3H3. The van der Waals surface area contributed by atoms with Crippen molar-refractivity contribution in [3.63, 3.8) is 0 Å². The molecule has 6 nitrogen and oxygen atoms in total. The van der Waals surface area contributed by atoms with E-state index in [1.54, 1.807) is 20.8 Å². The molecule has 0 aromatic heterocycles. The van der Waals surface area contributed by atoms with Crippen LogP contribution in [0, 0.1) is 0 Å². The molecule has 146 valence electrons. The summed E-state index contributed by atoms with van der Waals surface area (Å²) < 4.78 is 71.3. The number of carbonyl (C=O) groups is 1. The molecule has 26 heavy (non-hydrogen) atoms. The number of rotatable bonds is 4. The summed E-state index contributed by atoms with van der Waals surface area (Å²) in [5.74, 6) is 0. The second-order valence-electron chi connectivity index (χ2n) is 6.91. The zero-order valence-electron chi connectivity index (χ0n) is 14.5. The van der Waals surface area contributed by atoms with E-state index < -0.39 is 31.9 Å². The lowest BCUT2D eigenvalue weighted by Gasteiger charge is -2.39. The van der Waals surface area contributed by atoms with Gasteiger partial charge in [0.25, 0.3) is 9.84 Å². The van der Waals surface area contributed by atoms with E-state index in [4.69, 9.17) is 9.47 Å². The molecular formula is C16H20F3NO5S. The van der Waals surface area contributed by atoms with Gasteiger partial charge in [0.2, 0.25) is 0 Å². The van der Waals surface area contributed by atoms with Crippen molar-refractivity contribution in [3.05, 3.63) is 29.8 Å². The predicted molar refractivity (Wildman–Crippen MR) is 86.1 cm³/mol. The second-order valence-corrected chi connectivity index (χ2v) is 8.86. The maximum absolute atomic E-state index is 12.6. The largest absolute Gasteiger partial charge is 0.501 e. The van der Waals surface area contributed by atoms with Crippen molar-refractivity contribution < 1.29 is 35.9 Å². The van der Waals surface area contributed by atoms with Crippen LogP contribution in [0.3, 0.4) is 0 Å². The molecule has 0 aliphatic carbocycles. The Labute approximate surface area is 149 Å². The summed E-state index contributed by atoms with van der Waals surface area (Å²) in [6.45, 7) is 5.79. The number of carbonyl (C=O) groups excluding carboxylic acids is 1. The fourth-order valence-corrected chi connectivity index (χ4v) is 3.00. The molecule has 1 aromatic rings. The van der Waals surface area contributed by atoms with E-state index in [0.29, 0.717) is 18.7 Å². The number of nitrogens with zero attached hydrogens (tertiary/aromatic N) is 1. The van der Waals surface area contributed by atoms with E-state index in [2.05, 4.69) is 0 Å². The molecular weight excluding hydrogens is 375 g/mol. The van der Waals surface area contributed by atoms with Gasteiger partial charge in [-0.05, 0) is 38.5 Å². The Balaban J connectivity index is 1.89. The molecule has 10 heteroatoms. The van der Waals surface area contributed by atoms with Crippen molar-refractivity contribution in [3.8, 4) is 0 Å². The van der Waals surface area contributed by atoms with Crippen LogP contribution in [-0.4, -0.2) is 49.7 Å². The van der Waals surface area contributed by atoms with E-state index in [1.807, 2.05) is 0 Å². The third-order valence-corrected chi connectivity index (χ3v) is 4.98. The zero-order chi connectivity index (χ0) is 19.8. The monoisotopic (exact) mass is 395 g/mol. The highest BCUT2D eigenvalue weighted by atomic mass is 32.2. The van der Waals surface area contributed by atoms with Gasteiger partial charge >= 0.3 is 11.6 Å². The number of amides is 1. The number of alkyl halides is 3. The Morgan fingerprint density at radius 1 is 1.23 bits per heavy atom. The van der Waals surface area contributed by atoms with Crippen LogP contribution in [-0.2, 0) is 25.9 Å². The Kier molecular flexibility index (Phi) is 5.57. The number of benzene rings is 1. The van der Waals surface area contributed by atoms with Gasteiger partial charge in [-0.3, -0.25) is 0 Å². The molecule has 0 saturated carbocycles. The number of hydrogen-bond donors (Lipinski definition) is 0. The molecule has 1 heterocycles. The van der Waals surface area contributed by atoms with E-state index >= 15 is 0 Å². The number of hydrogen-bond acceptors (Lipinski definition) is 5. The molecule has 1 fully saturated rings. The Bertz CT molecular complexity index is 765. The van der Waals surface area contributed by atoms with Gasteiger partial charge in [-0.25, -0.2) is 13.2 Å². The summed E-state index contributed by atoms with van der Waals surface area (Å²) in [4.78, 5) is 12.4. The maximum atomic E-state index is 12.6. The van der Waals surface area contributed by atoms with Crippen LogP contribution in [0.4, 0.5) is 18.0 Å². The summed E-state index contributed by atoms with van der Waals surface area (Å²) in [6, 6.07) is 4.53. The van der Waals surface area contributed by atoms with Gasteiger partial charge in [-0.2, -0.15) is 13.2 Å². The van der Waals surface area contributed by atoms with Gasteiger partial charge in [0.05, 0.1) is 30.7 Å². The molecule has 0 bridgehead atoms. The minimum atomic E-state index is -5.39. The van der Waals surface area contributed by atoms with Gasteiger partial charge in [0, 0.05) is 0 Å². The second kappa shape index (κ2) is 7.07. The van der Waals surface area contributed by atoms with Gasteiger partial charge in [-0.1, -0.05) is 12.1 Å². The average Bonchev–Trinajstić information content (AvgIpc) is 2.42. The first-order valence-corrected chi connectivity index (χ1v) is 9.28. The molecule has 0 radical (unpaired) electrons. The lowest BCUT2D eigenvalue weighted by atomic mass is 10.1. The van der Waals surface area contributed by atoms with Crippen LogP contribution in [0.5, 0.6) is 0 Å². The van der Waals surface area contributed by atoms with Crippen molar-refractivity contribution in [2.45, 2.75) is 49.5 Å². The van der Waals surface area contributed by atoms with Crippen LogP contribution >= 0.6 is 0 Å². The SMILES string of the molecule is CC(C)(C)OC(=O)N1CC(OCc2cccc(S(=O)(=O)C(F)(F)F)c2)C1. The van der Waals surface area contributed by atoms with Gasteiger partial charge in [0.1, 0.15) is 5.60 Å². The highest BCUT2D eigenvalue weighted by Crippen LogP contribution is 2.30. The van der Waals surface area contributed by atoms with Crippen molar-refractivity contribution in [1.82, 2.24) is 4.90 Å². The minimum absolute atomic E-state index is 0.0615. The summed E-state index contributed by atoms with van der Waals surface area (Å²) in [5.41, 5.74) is -5.66. The maximum Gasteiger partial charge on any atom is 0.501 e. The topological polar surface area (TPSA) is 72.9 Å². The molecule has 1 amide bonds. The fraction of sp³-hybridized carbons (Fsp3) is 0.562. The van der Waals surface area contributed by atoms with Crippen molar-refractivity contribution in [2.75, 3.05) is 13.1 Å². The molecule has 0 spiro atoms. The predicted octanol–water partition coefficient (Wildman–Crippen LogP) is 3.12. The van der Waals surface area contributed by atoms with Gasteiger partial charge < -0.3 is 14.4 Å². The van der Waals surface area contributed by atoms with Crippen molar-refractivity contribution in [1.29, 1.82) is 0 Å². The normalized spacial score (nSPS) is 16.3.